The van der Waals surface area contributed by atoms with Crippen LogP contribution in [0.25, 0.3) is 5.57 Å². The summed E-state index contributed by atoms with van der Waals surface area (Å²) in [5.74, 6) is -0.132. The highest BCUT2D eigenvalue weighted by atomic mass is 19.2. The number of hydrogen-bond acceptors (Lipinski definition) is 5. The van der Waals surface area contributed by atoms with Crippen molar-refractivity contribution in [1.29, 1.82) is 0 Å². The summed E-state index contributed by atoms with van der Waals surface area (Å²) in [6.07, 6.45) is 1.18. The third-order valence-corrected chi connectivity index (χ3v) is 10.7. The summed E-state index contributed by atoms with van der Waals surface area (Å²) in [6.45, 7) is 2.18. The second-order valence-corrected chi connectivity index (χ2v) is 12.3. The average molecular weight is 490 g/mol. The molecule has 3 aliphatic carbocycles. The van der Waals surface area contributed by atoms with Crippen LogP contribution in [0, 0.1) is 11.3 Å². The third-order valence-electron chi connectivity index (χ3n) is 10.7. The maximum absolute atomic E-state index is 17.1. The van der Waals surface area contributed by atoms with Gasteiger partial charge < -0.3 is 25.0 Å². The van der Waals surface area contributed by atoms with Gasteiger partial charge in [0.15, 0.2) is 5.67 Å². The van der Waals surface area contributed by atoms with Gasteiger partial charge in [-0.25, -0.2) is 8.78 Å². The van der Waals surface area contributed by atoms with Gasteiger partial charge in [-0.2, -0.15) is 0 Å². The summed E-state index contributed by atoms with van der Waals surface area (Å²) in [6, 6.07) is 7.41. The zero-order valence-electron chi connectivity index (χ0n) is 20.8. The van der Waals surface area contributed by atoms with Crippen LogP contribution in [0.15, 0.2) is 30.3 Å². The van der Waals surface area contributed by atoms with Crippen LogP contribution in [-0.2, 0) is 11.3 Å². The molecular weight excluding hydrogens is 452 g/mol. The van der Waals surface area contributed by atoms with E-state index in [2.05, 4.69) is 13.0 Å². The van der Waals surface area contributed by atoms with E-state index in [1.54, 1.807) is 0 Å². The summed E-state index contributed by atoms with van der Waals surface area (Å²) < 4.78 is 40.7. The average Bonchev–Trinajstić information content (AvgIpc) is 3.37. The summed E-state index contributed by atoms with van der Waals surface area (Å²) in [4.78, 5) is 1.81. The number of likely N-dealkylation sites (N-methyl/N-ethyl adjacent to an activating group) is 1. The monoisotopic (exact) mass is 489 g/mol. The largest absolute Gasteiger partial charge is 0.392 e. The fourth-order valence-electron chi connectivity index (χ4n) is 8.76. The van der Waals surface area contributed by atoms with Gasteiger partial charge in [-0.1, -0.05) is 37.3 Å². The molecule has 35 heavy (non-hydrogen) atoms. The van der Waals surface area contributed by atoms with Crippen molar-refractivity contribution in [2.45, 2.75) is 99.3 Å². The Balaban J connectivity index is 1.40. The van der Waals surface area contributed by atoms with Gasteiger partial charge in [0.1, 0.15) is 23.0 Å². The normalized spacial score (nSPS) is 50.5. The highest BCUT2D eigenvalue weighted by Crippen LogP contribution is 2.74. The minimum Gasteiger partial charge on any atom is -0.392 e. The van der Waals surface area contributed by atoms with Crippen molar-refractivity contribution in [2.24, 2.45) is 11.3 Å². The Kier molecular flexibility index (Phi) is 5.04. The second-order valence-electron chi connectivity index (χ2n) is 12.3. The van der Waals surface area contributed by atoms with Crippen LogP contribution in [0.3, 0.4) is 0 Å². The Bertz CT molecular complexity index is 1060. The van der Waals surface area contributed by atoms with Gasteiger partial charge in [0.05, 0.1) is 12.7 Å². The topological polar surface area (TPSA) is 73.2 Å². The molecule has 2 spiro atoms. The van der Waals surface area contributed by atoms with Crippen molar-refractivity contribution in [1.82, 2.24) is 4.90 Å². The molecule has 2 heterocycles. The quantitative estimate of drug-likeness (QED) is 0.606. The lowest BCUT2D eigenvalue weighted by atomic mass is 9.51. The molecule has 192 valence electrons. The van der Waals surface area contributed by atoms with Gasteiger partial charge in [0.25, 0.3) is 0 Å². The van der Waals surface area contributed by atoms with Crippen molar-refractivity contribution in [3.8, 4) is 0 Å². The summed E-state index contributed by atoms with van der Waals surface area (Å²) >= 11 is 0. The lowest BCUT2D eigenvalue weighted by Crippen LogP contribution is -2.78. The Labute approximate surface area is 205 Å². The van der Waals surface area contributed by atoms with Crippen LogP contribution in [0.2, 0.25) is 0 Å². The number of hydrogen-bond donors (Lipinski definition) is 3. The van der Waals surface area contributed by atoms with E-state index < -0.39 is 47.2 Å². The first-order valence-electron chi connectivity index (χ1n) is 13.0. The number of rotatable bonds is 3. The van der Waals surface area contributed by atoms with Gasteiger partial charge in [0.2, 0.25) is 0 Å². The first-order chi connectivity index (χ1) is 16.5. The van der Waals surface area contributed by atoms with Crippen LogP contribution >= 0.6 is 0 Å². The SMILES string of the molecule is CN(C)C1CC23CCC4(O2)C2CC=C(c5ccc(CO)cc5)C2(C)CCC4(F)CC3(F)C(O)C1O. The zero-order valence-corrected chi connectivity index (χ0v) is 20.8. The number of benzene rings is 1. The van der Waals surface area contributed by atoms with E-state index in [-0.39, 0.29) is 30.8 Å². The van der Waals surface area contributed by atoms with E-state index in [4.69, 9.17) is 4.74 Å². The summed E-state index contributed by atoms with van der Waals surface area (Å²) in [5, 5.41) is 31.2. The van der Waals surface area contributed by atoms with E-state index in [0.717, 1.165) is 11.1 Å². The first-order valence-corrected chi connectivity index (χ1v) is 13.0. The number of alkyl halides is 2. The third kappa shape index (κ3) is 2.79. The smallest absolute Gasteiger partial charge is 0.171 e. The van der Waals surface area contributed by atoms with Crippen molar-refractivity contribution in [2.75, 3.05) is 14.1 Å². The number of fused-ring (bicyclic) bond motifs is 1. The molecule has 0 aromatic heterocycles. The molecule has 6 rings (SSSR count). The molecule has 2 bridgehead atoms. The number of nitrogens with zero attached hydrogens (tertiary/aromatic N) is 1. The van der Waals surface area contributed by atoms with Crippen molar-refractivity contribution in [3.63, 3.8) is 0 Å². The minimum atomic E-state index is -2.32. The highest BCUT2D eigenvalue weighted by molar-refractivity contribution is 5.73. The number of aliphatic hydroxyl groups is 3. The molecule has 0 amide bonds. The van der Waals surface area contributed by atoms with Crippen molar-refractivity contribution >= 4 is 5.57 Å². The standard InChI is InChI=1S/C28H37F2NO4/c1-24-10-11-25(29)16-27(30)23(34)22(33)20(31(2)3)14-26(27)12-13-28(25,35-26)21(24)9-8-19(24)18-6-4-17(15-32)5-7-18/h4-8,20-23,32-34H,9-16H2,1-3H3. The van der Waals surface area contributed by atoms with E-state index in [1.807, 2.05) is 43.3 Å². The molecule has 5 aliphatic rings. The molecule has 5 nitrogen and oxygen atoms in total. The molecule has 2 aliphatic heterocycles. The van der Waals surface area contributed by atoms with Crippen LogP contribution < -0.4 is 0 Å². The lowest BCUT2D eigenvalue weighted by Gasteiger charge is -2.65. The molecule has 2 saturated heterocycles. The van der Waals surface area contributed by atoms with Gasteiger partial charge in [0, 0.05) is 18.4 Å². The molecule has 3 N–H and O–H groups in total. The Morgan fingerprint density at radius 3 is 2.43 bits per heavy atom. The maximum atomic E-state index is 17.1. The Hall–Kier alpha value is -1.38. The van der Waals surface area contributed by atoms with Crippen molar-refractivity contribution < 1.29 is 28.8 Å². The predicted octanol–water partition coefficient (Wildman–Crippen LogP) is 3.55. The number of halogens is 2. The Morgan fingerprint density at radius 2 is 1.77 bits per heavy atom. The number of ether oxygens (including phenoxy) is 1. The molecule has 0 radical (unpaired) electrons. The highest BCUT2D eigenvalue weighted by Gasteiger charge is 2.82. The fraction of sp³-hybridized carbons (Fsp3) is 0.714. The fourth-order valence-corrected chi connectivity index (χ4v) is 8.76. The van der Waals surface area contributed by atoms with Crippen molar-refractivity contribution in [3.05, 3.63) is 41.5 Å². The van der Waals surface area contributed by atoms with Gasteiger partial charge in [-0.15, -0.1) is 0 Å². The van der Waals surface area contributed by atoms with Crippen LogP contribution in [0.5, 0.6) is 0 Å². The second kappa shape index (κ2) is 7.35. The van der Waals surface area contributed by atoms with Crippen LogP contribution in [0.4, 0.5) is 8.78 Å². The molecule has 9 atom stereocenters. The van der Waals surface area contributed by atoms with Crippen LogP contribution in [0.1, 0.15) is 63.0 Å². The number of allylic oxidation sites excluding steroid dienone is 2. The van der Waals surface area contributed by atoms with Gasteiger partial charge in [-0.3, -0.25) is 0 Å². The molecular formula is C28H37F2NO4. The molecule has 2 saturated carbocycles. The lowest BCUT2D eigenvalue weighted by molar-refractivity contribution is -0.347. The predicted molar refractivity (Wildman–Crippen MR) is 128 cm³/mol. The maximum Gasteiger partial charge on any atom is 0.171 e. The van der Waals surface area contributed by atoms with E-state index >= 15 is 8.78 Å². The summed E-state index contributed by atoms with van der Waals surface area (Å²) in [7, 11) is 3.62. The van der Waals surface area contributed by atoms with Crippen LogP contribution in [-0.4, -0.2) is 75.1 Å². The molecule has 7 heteroatoms. The molecule has 1 aromatic carbocycles. The molecule has 1 aromatic rings. The zero-order chi connectivity index (χ0) is 25.0. The van der Waals surface area contributed by atoms with Gasteiger partial charge >= 0.3 is 0 Å². The van der Waals surface area contributed by atoms with Gasteiger partial charge in [-0.05, 0) is 74.7 Å². The van der Waals surface area contributed by atoms with E-state index in [0.29, 0.717) is 25.7 Å². The van der Waals surface area contributed by atoms with E-state index in [1.165, 1.54) is 5.57 Å². The summed E-state index contributed by atoms with van der Waals surface area (Å²) in [5.41, 5.74) is -3.86. The molecule has 9 unspecified atom stereocenters. The van der Waals surface area contributed by atoms with E-state index in [9.17, 15) is 15.3 Å². The minimum absolute atomic E-state index is 0.0118. The molecule has 4 fully saturated rings. The number of aliphatic hydroxyl groups excluding tert-OH is 3. The Morgan fingerprint density at radius 1 is 1.06 bits per heavy atom. The first kappa shape index (κ1) is 24.0.